The van der Waals surface area contributed by atoms with Gasteiger partial charge in [-0.05, 0) is 29.3 Å². The van der Waals surface area contributed by atoms with Crippen molar-refractivity contribution in [3.8, 4) is 11.1 Å². The highest BCUT2D eigenvalue weighted by atomic mass is 32.2. The number of fused-ring (bicyclic) bond motifs is 1. The van der Waals surface area contributed by atoms with E-state index in [-0.39, 0.29) is 4.90 Å². The van der Waals surface area contributed by atoms with E-state index in [9.17, 15) is 8.42 Å². The third-order valence-electron chi connectivity index (χ3n) is 3.93. The Kier molecular flexibility index (Phi) is 3.43. The number of benzene rings is 3. The van der Waals surface area contributed by atoms with Crippen LogP contribution in [0.15, 0.2) is 90.0 Å². The highest BCUT2D eigenvalue weighted by Crippen LogP contribution is 2.29. The van der Waals surface area contributed by atoms with Crippen molar-refractivity contribution in [2.24, 2.45) is 0 Å². The van der Waals surface area contributed by atoms with E-state index in [0.29, 0.717) is 5.52 Å². The normalized spacial score (nSPS) is 11.7. The van der Waals surface area contributed by atoms with Crippen LogP contribution in [0.2, 0.25) is 0 Å². The van der Waals surface area contributed by atoms with E-state index >= 15 is 0 Å². The molecule has 1 heterocycles. The molecule has 0 aliphatic heterocycles. The summed E-state index contributed by atoms with van der Waals surface area (Å²) in [6.07, 6.45) is 1.61. The van der Waals surface area contributed by atoms with Gasteiger partial charge in [0.25, 0.3) is 10.0 Å². The van der Waals surface area contributed by atoms with Crippen molar-refractivity contribution in [2.75, 3.05) is 0 Å². The molecule has 0 saturated carbocycles. The molecule has 4 aromatic rings. The maximum Gasteiger partial charge on any atom is 0.283 e. The summed E-state index contributed by atoms with van der Waals surface area (Å²) >= 11 is 0. The molecule has 0 aliphatic rings. The van der Waals surface area contributed by atoms with Crippen LogP contribution in [-0.2, 0) is 10.0 Å². The van der Waals surface area contributed by atoms with E-state index in [2.05, 4.69) is 5.10 Å². The van der Waals surface area contributed by atoms with Gasteiger partial charge in [0.2, 0.25) is 0 Å². The Balaban J connectivity index is 1.94. The first-order chi connectivity index (χ1) is 11.7. The van der Waals surface area contributed by atoms with Crippen molar-refractivity contribution in [3.63, 3.8) is 0 Å². The summed E-state index contributed by atoms with van der Waals surface area (Å²) in [6.45, 7) is 0. The van der Waals surface area contributed by atoms with Crippen LogP contribution in [-0.4, -0.2) is 17.6 Å². The van der Waals surface area contributed by atoms with Gasteiger partial charge in [-0.25, -0.2) is 0 Å². The average Bonchev–Trinajstić information content (AvgIpc) is 3.08. The predicted octanol–water partition coefficient (Wildman–Crippen LogP) is 3.94. The van der Waals surface area contributed by atoms with Gasteiger partial charge in [0.1, 0.15) is 0 Å². The van der Waals surface area contributed by atoms with Gasteiger partial charge in [0.15, 0.2) is 0 Å². The van der Waals surface area contributed by atoms with Gasteiger partial charge < -0.3 is 0 Å². The van der Waals surface area contributed by atoms with Crippen LogP contribution in [0.3, 0.4) is 0 Å². The van der Waals surface area contributed by atoms with E-state index in [1.54, 1.807) is 42.6 Å². The van der Waals surface area contributed by atoms with Gasteiger partial charge in [0, 0.05) is 5.39 Å². The first-order valence-corrected chi connectivity index (χ1v) is 8.95. The molecular weight excluding hydrogens is 320 g/mol. The maximum absolute atomic E-state index is 12.9. The molecule has 4 rings (SSSR count). The predicted molar refractivity (Wildman–Crippen MR) is 94.2 cm³/mol. The lowest BCUT2D eigenvalue weighted by atomic mass is 10.0. The van der Waals surface area contributed by atoms with E-state index in [0.717, 1.165) is 20.6 Å². The van der Waals surface area contributed by atoms with Crippen molar-refractivity contribution >= 4 is 20.9 Å². The minimum Gasteiger partial charge on any atom is -0.199 e. The average molecular weight is 334 g/mol. The lowest BCUT2D eigenvalue weighted by Crippen LogP contribution is -2.14. The molecule has 0 aliphatic carbocycles. The van der Waals surface area contributed by atoms with Gasteiger partial charge >= 0.3 is 0 Å². The van der Waals surface area contributed by atoms with E-state index in [1.807, 2.05) is 42.5 Å². The Morgan fingerprint density at radius 2 is 1.42 bits per heavy atom. The fourth-order valence-corrected chi connectivity index (χ4v) is 4.07. The summed E-state index contributed by atoms with van der Waals surface area (Å²) < 4.78 is 26.8. The molecule has 3 aromatic carbocycles. The summed E-state index contributed by atoms with van der Waals surface area (Å²) in [5.74, 6) is 0. The van der Waals surface area contributed by atoms with Crippen LogP contribution in [0, 0.1) is 0 Å². The first kappa shape index (κ1) is 14.7. The summed E-state index contributed by atoms with van der Waals surface area (Å²) in [6, 6.07) is 23.8. The number of hydrogen-bond donors (Lipinski definition) is 0. The van der Waals surface area contributed by atoms with Crippen LogP contribution in [0.25, 0.3) is 22.0 Å². The van der Waals surface area contributed by atoms with E-state index < -0.39 is 10.0 Å². The highest BCUT2D eigenvalue weighted by molar-refractivity contribution is 7.90. The number of rotatable bonds is 3. The largest absolute Gasteiger partial charge is 0.283 e. The van der Waals surface area contributed by atoms with Crippen molar-refractivity contribution < 1.29 is 8.42 Å². The summed E-state index contributed by atoms with van der Waals surface area (Å²) in [7, 11) is -3.72. The van der Waals surface area contributed by atoms with Crippen LogP contribution in [0.5, 0.6) is 0 Å². The number of hydrogen-bond acceptors (Lipinski definition) is 3. The minimum atomic E-state index is -3.72. The molecular formula is C19H14N2O2S. The molecule has 0 fully saturated rings. The lowest BCUT2D eigenvalue weighted by Gasteiger charge is -2.07. The number of aromatic nitrogens is 2. The van der Waals surface area contributed by atoms with E-state index in [4.69, 9.17) is 0 Å². The second-order valence-electron chi connectivity index (χ2n) is 5.41. The molecule has 0 N–H and O–H groups in total. The topological polar surface area (TPSA) is 52.0 Å². The Morgan fingerprint density at radius 1 is 0.750 bits per heavy atom. The second-order valence-corrected chi connectivity index (χ2v) is 7.18. The Hall–Kier alpha value is -2.92. The lowest BCUT2D eigenvalue weighted by molar-refractivity contribution is 0.582. The first-order valence-electron chi connectivity index (χ1n) is 7.51. The molecule has 0 saturated heterocycles. The molecule has 1 aromatic heterocycles. The molecule has 5 heteroatoms. The molecule has 0 unspecified atom stereocenters. The molecule has 24 heavy (non-hydrogen) atoms. The van der Waals surface area contributed by atoms with Gasteiger partial charge in [0.05, 0.1) is 16.6 Å². The molecule has 0 amide bonds. The van der Waals surface area contributed by atoms with Crippen LogP contribution in [0.1, 0.15) is 0 Å². The molecule has 0 spiro atoms. The third-order valence-corrected chi connectivity index (χ3v) is 5.55. The molecule has 0 atom stereocenters. The van der Waals surface area contributed by atoms with Crippen LogP contribution in [0.4, 0.5) is 0 Å². The molecule has 4 nitrogen and oxygen atoms in total. The second kappa shape index (κ2) is 5.62. The van der Waals surface area contributed by atoms with Crippen molar-refractivity contribution in [1.29, 1.82) is 0 Å². The minimum absolute atomic E-state index is 0.222. The van der Waals surface area contributed by atoms with Crippen molar-refractivity contribution in [2.45, 2.75) is 4.90 Å². The van der Waals surface area contributed by atoms with Crippen LogP contribution >= 0.6 is 0 Å². The zero-order chi connectivity index (χ0) is 16.6. The highest BCUT2D eigenvalue weighted by Gasteiger charge is 2.20. The fraction of sp³-hybridized carbons (Fsp3) is 0. The fourth-order valence-electron chi connectivity index (χ4n) is 2.78. The Bertz CT molecular complexity index is 1100. The molecule has 0 radical (unpaired) electrons. The monoisotopic (exact) mass is 334 g/mol. The molecule has 118 valence electrons. The maximum atomic E-state index is 12.9. The Morgan fingerprint density at radius 3 is 2.12 bits per heavy atom. The number of nitrogens with zero attached hydrogens (tertiary/aromatic N) is 2. The molecule has 0 bridgehead atoms. The summed E-state index contributed by atoms with van der Waals surface area (Å²) in [5.41, 5.74) is 2.56. The third kappa shape index (κ3) is 2.30. The summed E-state index contributed by atoms with van der Waals surface area (Å²) in [5, 5.41) is 4.97. The van der Waals surface area contributed by atoms with Crippen molar-refractivity contribution in [1.82, 2.24) is 9.19 Å². The smallest absolute Gasteiger partial charge is 0.199 e. The van der Waals surface area contributed by atoms with Gasteiger partial charge in [-0.3, -0.25) is 0 Å². The van der Waals surface area contributed by atoms with Gasteiger partial charge in [-0.1, -0.05) is 60.7 Å². The Labute approximate surface area is 140 Å². The van der Waals surface area contributed by atoms with Crippen molar-refractivity contribution in [3.05, 3.63) is 85.1 Å². The summed E-state index contributed by atoms with van der Waals surface area (Å²) in [4.78, 5) is 0.222. The van der Waals surface area contributed by atoms with Gasteiger partial charge in [-0.2, -0.15) is 17.6 Å². The zero-order valence-electron chi connectivity index (χ0n) is 12.7. The van der Waals surface area contributed by atoms with E-state index in [1.165, 1.54) is 0 Å². The SMILES string of the molecule is O=S(=O)(c1ccccc1)n1ncc2c(-c3ccccc3)cccc21. The van der Waals surface area contributed by atoms with Crippen LogP contribution < -0.4 is 0 Å². The van der Waals surface area contributed by atoms with Gasteiger partial charge in [-0.15, -0.1) is 0 Å². The quantitative estimate of drug-likeness (QED) is 0.570. The standard InChI is InChI=1S/C19H14N2O2S/c22-24(23,16-10-5-2-6-11-16)21-19-13-7-12-17(18(19)14-20-21)15-8-3-1-4-9-15/h1-14H. The zero-order valence-corrected chi connectivity index (χ0v) is 13.5.